The van der Waals surface area contributed by atoms with Crippen LogP contribution in [0.15, 0.2) is 0 Å². The summed E-state index contributed by atoms with van der Waals surface area (Å²) in [7, 11) is 0. The molecule has 2 unspecified atom stereocenters. The normalized spacial score (nSPS) is 16.5. The van der Waals surface area contributed by atoms with E-state index in [0.717, 1.165) is 32.4 Å². The summed E-state index contributed by atoms with van der Waals surface area (Å²) >= 11 is 0. The first-order valence-electron chi connectivity index (χ1n) is 6.96. The Morgan fingerprint density at radius 1 is 1.00 bits per heavy atom. The average Bonchev–Trinajstić information content (AvgIpc) is 2.34. The monoisotopic (exact) mass is 229 g/mol. The molecule has 0 aromatic heterocycles. The minimum Gasteiger partial charge on any atom is -0.391 e. The Morgan fingerprint density at radius 3 is 1.69 bits per heavy atom. The Bertz CT molecular complexity index is 174. The molecule has 0 aliphatic heterocycles. The van der Waals surface area contributed by atoms with Gasteiger partial charge >= 0.3 is 0 Å². The number of nitrogens with zero attached hydrogens (tertiary/aromatic N) is 1. The molecule has 0 amide bonds. The van der Waals surface area contributed by atoms with Gasteiger partial charge in [0.05, 0.1) is 6.10 Å². The molecule has 0 spiro atoms. The SMILES string of the molecule is CCC(C)C(O)C(CC)(CC)N(CC)CC. The number of hydrogen-bond acceptors (Lipinski definition) is 2. The van der Waals surface area contributed by atoms with Crippen molar-refractivity contribution in [2.45, 2.75) is 72.4 Å². The second-order valence-corrected chi connectivity index (χ2v) is 4.81. The maximum Gasteiger partial charge on any atom is 0.0748 e. The lowest BCUT2D eigenvalue weighted by Crippen LogP contribution is -2.58. The molecule has 0 saturated carbocycles. The molecule has 0 radical (unpaired) electrons. The molecule has 0 rings (SSSR count). The Kier molecular flexibility index (Phi) is 7.25. The van der Waals surface area contributed by atoms with E-state index in [1.807, 2.05) is 0 Å². The van der Waals surface area contributed by atoms with Crippen molar-refractivity contribution in [3.8, 4) is 0 Å². The summed E-state index contributed by atoms with van der Waals surface area (Å²) in [6.07, 6.45) is 2.88. The Hall–Kier alpha value is -0.0800. The molecule has 0 aromatic rings. The molecule has 2 nitrogen and oxygen atoms in total. The molecular formula is C14H31NO. The fourth-order valence-corrected chi connectivity index (χ4v) is 2.91. The predicted molar refractivity (Wildman–Crippen MR) is 71.7 cm³/mol. The van der Waals surface area contributed by atoms with Crippen LogP contribution in [-0.4, -0.2) is 34.7 Å². The summed E-state index contributed by atoms with van der Waals surface area (Å²) in [4.78, 5) is 2.43. The van der Waals surface area contributed by atoms with Gasteiger partial charge in [0.15, 0.2) is 0 Å². The smallest absolute Gasteiger partial charge is 0.0748 e. The van der Waals surface area contributed by atoms with E-state index < -0.39 is 0 Å². The van der Waals surface area contributed by atoms with Gasteiger partial charge in [-0.2, -0.15) is 0 Å². The van der Waals surface area contributed by atoms with Gasteiger partial charge in [0.25, 0.3) is 0 Å². The fraction of sp³-hybridized carbons (Fsp3) is 1.00. The van der Waals surface area contributed by atoms with E-state index in [-0.39, 0.29) is 11.6 Å². The van der Waals surface area contributed by atoms with E-state index in [2.05, 4.69) is 46.4 Å². The molecule has 2 heteroatoms. The molecular weight excluding hydrogens is 198 g/mol. The highest BCUT2D eigenvalue weighted by Gasteiger charge is 2.40. The Morgan fingerprint density at radius 2 is 1.44 bits per heavy atom. The number of aliphatic hydroxyl groups excluding tert-OH is 1. The molecule has 0 aliphatic carbocycles. The lowest BCUT2D eigenvalue weighted by Gasteiger charge is -2.47. The molecule has 2 atom stereocenters. The Labute approximate surface area is 102 Å². The van der Waals surface area contributed by atoms with Crippen LogP contribution in [-0.2, 0) is 0 Å². The molecule has 1 N–H and O–H groups in total. The van der Waals surface area contributed by atoms with Crippen molar-refractivity contribution >= 4 is 0 Å². The molecule has 0 bridgehead atoms. The first-order chi connectivity index (χ1) is 7.53. The van der Waals surface area contributed by atoms with Gasteiger partial charge in [0.2, 0.25) is 0 Å². The third-order valence-corrected chi connectivity index (χ3v) is 4.35. The summed E-state index contributed by atoms with van der Waals surface area (Å²) in [5, 5.41) is 10.6. The van der Waals surface area contributed by atoms with Crippen LogP contribution in [0.2, 0.25) is 0 Å². The van der Waals surface area contributed by atoms with E-state index in [1.165, 1.54) is 0 Å². The minimum atomic E-state index is -0.215. The summed E-state index contributed by atoms with van der Waals surface area (Å²) < 4.78 is 0. The molecule has 0 heterocycles. The zero-order valence-corrected chi connectivity index (χ0v) is 12.1. The summed E-state index contributed by atoms with van der Waals surface area (Å²) in [5.41, 5.74) is -0.0288. The molecule has 16 heavy (non-hydrogen) atoms. The van der Waals surface area contributed by atoms with E-state index in [1.54, 1.807) is 0 Å². The highest BCUT2D eigenvalue weighted by molar-refractivity contribution is 4.96. The van der Waals surface area contributed by atoms with Crippen molar-refractivity contribution in [3.05, 3.63) is 0 Å². The molecule has 98 valence electrons. The average molecular weight is 229 g/mol. The van der Waals surface area contributed by atoms with Gasteiger partial charge in [-0.25, -0.2) is 0 Å². The maximum absolute atomic E-state index is 10.6. The zero-order chi connectivity index (χ0) is 12.8. The van der Waals surface area contributed by atoms with Crippen molar-refractivity contribution in [1.82, 2.24) is 4.90 Å². The number of likely N-dealkylation sites (N-methyl/N-ethyl adjacent to an activating group) is 1. The van der Waals surface area contributed by atoms with Crippen LogP contribution in [0.4, 0.5) is 0 Å². The van der Waals surface area contributed by atoms with Gasteiger partial charge in [-0.05, 0) is 31.8 Å². The number of rotatable bonds is 8. The first-order valence-corrected chi connectivity index (χ1v) is 6.96. The van der Waals surface area contributed by atoms with Gasteiger partial charge in [-0.1, -0.05) is 48.0 Å². The summed E-state index contributed by atoms with van der Waals surface area (Å²) in [6, 6.07) is 0. The van der Waals surface area contributed by atoms with Gasteiger partial charge < -0.3 is 5.11 Å². The molecule has 0 aliphatic rings. The summed E-state index contributed by atoms with van der Waals surface area (Å²) in [5.74, 6) is 0.375. The highest BCUT2D eigenvalue weighted by Crippen LogP contribution is 2.32. The topological polar surface area (TPSA) is 23.5 Å². The van der Waals surface area contributed by atoms with E-state index in [4.69, 9.17) is 0 Å². The number of hydrogen-bond donors (Lipinski definition) is 1. The largest absolute Gasteiger partial charge is 0.391 e. The van der Waals surface area contributed by atoms with Crippen LogP contribution < -0.4 is 0 Å². The van der Waals surface area contributed by atoms with E-state index in [0.29, 0.717) is 5.92 Å². The first kappa shape index (κ1) is 15.9. The van der Waals surface area contributed by atoms with Crippen LogP contribution in [0, 0.1) is 5.92 Å². The molecule has 0 aromatic carbocycles. The molecule has 0 fully saturated rings. The Balaban J connectivity index is 5.05. The fourth-order valence-electron chi connectivity index (χ4n) is 2.91. The van der Waals surface area contributed by atoms with Gasteiger partial charge in [0, 0.05) is 5.54 Å². The van der Waals surface area contributed by atoms with Crippen LogP contribution >= 0.6 is 0 Å². The van der Waals surface area contributed by atoms with Crippen molar-refractivity contribution < 1.29 is 5.11 Å². The predicted octanol–water partition coefficient (Wildman–Crippen LogP) is 3.29. The quantitative estimate of drug-likeness (QED) is 0.690. The van der Waals surface area contributed by atoms with E-state index >= 15 is 0 Å². The lowest BCUT2D eigenvalue weighted by atomic mass is 9.78. The van der Waals surface area contributed by atoms with Gasteiger partial charge in [0.1, 0.15) is 0 Å². The van der Waals surface area contributed by atoms with Crippen molar-refractivity contribution in [2.75, 3.05) is 13.1 Å². The van der Waals surface area contributed by atoms with Gasteiger partial charge in [-0.3, -0.25) is 4.90 Å². The number of aliphatic hydroxyl groups is 1. The van der Waals surface area contributed by atoms with Crippen molar-refractivity contribution in [1.29, 1.82) is 0 Å². The van der Waals surface area contributed by atoms with E-state index in [9.17, 15) is 5.11 Å². The lowest BCUT2D eigenvalue weighted by molar-refractivity contribution is -0.0612. The third-order valence-electron chi connectivity index (χ3n) is 4.35. The second kappa shape index (κ2) is 7.29. The summed E-state index contributed by atoms with van der Waals surface area (Å²) in [6.45, 7) is 15.1. The van der Waals surface area contributed by atoms with Crippen molar-refractivity contribution in [3.63, 3.8) is 0 Å². The maximum atomic E-state index is 10.6. The van der Waals surface area contributed by atoms with Crippen molar-refractivity contribution in [2.24, 2.45) is 5.92 Å². The minimum absolute atomic E-state index is 0.0288. The van der Waals surface area contributed by atoms with Crippen LogP contribution in [0.5, 0.6) is 0 Å². The standard InChI is InChI=1S/C14H31NO/c1-7-12(6)13(16)14(8-2,9-3)15(10-4)11-5/h12-13,16H,7-11H2,1-6H3. The van der Waals surface area contributed by atoms with Crippen LogP contribution in [0.3, 0.4) is 0 Å². The molecule has 0 saturated heterocycles. The van der Waals surface area contributed by atoms with Crippen LogP contribution in [0.25, 0.3) is 0 Å². The second-order valence-electron chi connectivity index (χ2n) is 4.81. The highest BCUT2D eigenvalue weighted by atomic mass is 16.3. The zero-order valence-electron chi connectivity index (χ0n) is 12.1. The third kappa shape index (κ3) is 2.98. The van der Waals surface area contributed by atoms with Gasteiger partial charge in [-0.15, -0.1) is 0 Å². The van der Waals surface area contributed by atoms with Crippen LogP contribution in [0.1, 0.15) is 60.8 Å².